The molecule has 4 heterocycles. The Morgan fingerprint density at radius 1 is 0.554 bits per heavy atom. The lowest BCUT2D eigenvalue weighted by Gasteiger charge is -2.17. The van der Waals surface area contributed by atoms with Gasteiger partial charge in [0, 0.05) is 48.4 Å². The first kappa shape index (κ1) is 47.2. The molecule has 346 valence electrons. The summed E-state index contributed by atoms with van der Waals surface area (Å²) in [6.45, 7) is 9.73. The summed E-state index contributed by atoms with van der Waals surface area (Å²) in [6, 6.07) is 20.8. The molecule has 10 rings (SSSR count). The quantitative estimate of drug-likeness (QED) is 0.128. The number of likely N-dealkylation sites (tertiary alicyclic amines) is 1. The Bertz CT molecular complexity index is 2570. The van der Waals surface area contributed by atoms with Crippen molar-refractivity contribution < 1.29 is 37.2 Å². The van der Waals surface area contributed by atoms with Gasteiger partial charge in [-0.05, 0) is 155 Å². The molecule has 2 aromatic heterocycles. The normalized spacial score (nSPS) is 22.0. The van der Waals surface area contributed by atoms with E-state index >= 15 is 0 Å². The van der Waals surface area contributed by atoms with Gasteiger partial charge >= 0.3 is 0 Å². The number of nitrogens with zero attached hydrogens (tertiary/aromatic N) is 3. The van der Waals surface area contributed by atoms with Crippen molar-refractivity contribution in [3.05, 3.63) is 108 Å². The maximum absolute atomic E-state index is 14.3. The molecule has 12 heteroatoms. The minimum atomic E-state index is -0.395. The van der Waals surface area contributed by atoms with Crippen molar-refractivity contribution in [2.75, 3.05) is 60.7 Å². The van der Waals surface area contributed by atoms with Crippen LogP contribution in [0.5, 0.6) is 46.0 Å². The van der Waals surface area contributed by atoms with E-state index in [0.29, 0.717) is 65.1 Å². The number of aryl methyl sites for hydroxylation is 2. The molecule has 1 N–H and O–H groups in total. The highest BCUT2D eigenvalue weighted by molar-refractivity contribution is 5.89. The van der Waals surface area contributed by atoms with Crippen molar-refractivity contribution in [1.29, 1.82) is 0 Å². The number of halogens is 2. The number of benzene rings is 4. The molecule has 0 spiro atoms. The number of hydrogen-bond donors (Lipinski definition) is 1. The molecule has 0 bridgehead atoms. The van der Waals surface area contributed by atoms with Crippen molar-refractivity contribution in [2.45, 2.75) is 54.4 Å². The first-order valence-corrected chi connectivity index (χ1v) is 22.1. The molecule has 0 amide bonds. The molecule has 2 aliphatic heterocycles. The summed E-state index contributed by atoms with van der Waals surface area (Å²) in [5.41, 5.74) is 3.12. The van der Waals surface area contributed by atoms with E-state index in [1.165, 1.54) is 50.9 Å². The Hall–Kier alpha value is -5.72. The average Bonchev–Trinajstić information content (AvgIpc) is 4.05. The van der Waals surface area contributed by atoms with Crippen LogP contribution in [0.3, 0.4) is 0 Å². The lowest BCUT2D eigenvalue weighted by molar-refractivity contribution is 0.227. The minimum absolute atomic E-state index is 0. The Labute approximate surface area is 382 Å². The smallest absolute Gasteiger partial charge is 0.165 e. The molecule has 4 fully saturated rings. The van der Waals surface area contributed by atoms with E-state index in [0.717, 1.165) is 64.2 Å². The molecule has 0 radical (unpaired) electrons. The summed E-state index contributed by atoms with van der Waals surface area (Å²) >= 11 is 0. The lowest BCUT2D eigenvalue weighted by Crippen LogP contribution is -2.18. The zero-order valence-electron chi connectivity index (χ0n) is 36.7. The van der Waals surface area contributed by atoms with Crippen LogP contribution in [0.25, 0.3) is 21.8 Å². The van der Waals surface area contributed by atoms with Crippen LogP contribution in [0, 0.1) is 61.0 Å². The molecule has 2 aliphatic carbocycles. The van der Waals surface area contributed by atoms with Crippen molar-refractivity contribution in [3.63, 3.8) is 0 Å². The van der Waals surface area contributed by atoms with Crippen LogP contribution in [-0.2, 0) is 0 Å². The second-order valence-electron chi connectivity index (χ2n) is 17.9. The van der Waals surface area contributed by atoms with Gasteiger partial charge < -0.3 is 38.6 Å². The number of nitrogens with one attached hydrogen (secondary N) is 1. The van der Waals surface area contributed by atoms with Gasteiger partial charge in [-0.3, -0.25) is 9.97 Å². The fourth-order valence-corrected chi connectivity index (χ4v) is 10.2. The number of pyridine rings is 2. The maximum atomic E-state index is 14.3. The van der Waals surface area contributed by atoms with E-state index in [2.05, 4.69) is 27.2 Å². The van der Waals surface area contributed by atoms with Gasteiger partial charge in [0.05, 0.1) is 38.5 Å². The Morgan fingerprint density at radius 3 is 1.40 bits per heavy atom. The second-order valence-corrected chi connectivity index (χ2v) is 17.9. The Kier molecular flexibility index (Phi) is 15.0. The van der Waals surface area contributed by atoms with E-state index in [-0.39, 0.29) is 26.4 Å². The highest BCUT2D eigenvalue weighted by atomic mass is 19.1. The molecule has 6 aromatic rings. The van der Waals surface area contributed by atoms with Crippen LogP contribution in [0.4, 0.5) is 8.78 Å². The van der Waals surface area contributed by atoms with Crippen molar-refractivity contribution >= 4 is 21.8 Å². The SMILES string of the molecule is C.C.COc1cc2c(Oc3ccc(C)cc3F)ccnc2cc1OCC1CC2CN(C)CC2C1.COc1cc2c(Oc3ccc(C)cc3F)ccnc2cc1OCC1CC2CNCC2C1. The van der Waals surface area contributed by atoms with Gasteiger partial charge in [0.25, 0.3) is 0 Å². The molecular weight excluding hydrogens is 827 g/mol. The monoisotopic (exact) mass is 890 g/mol. The first-order valence-electron chi connectivity index (χ1n) is 22.1. The molecular formula is C53H64F2N4O6. The summed E-state index contributed by atoms with van der Waals surface area (Å²) in [5, 5.41) is 4.97. The average molecular weight is 891 g/mol. The van der Waals surface area contributed by atoms with Gasteiger partial charge in [-0.2, -0.15) is 0 Å². The van der Waals surface area contributed by atoms with Gasteiger partial charge in [-0.25, -0.2) is 8.78 Å². The van der Waals surface area contributed by atoms with Crippen molar-refractivity contribution in [2.24, 2.45) is 35.5 Å². The van der Waals surface area contributed by atoms with Crippen molar-refractivity contribution in [3.8, 4) is 46.0 Å². The third kappa shape index (κ3) is 10.5. The van der Waals surface area contributed by atoms with E-state index in [1.54, 1.807) is 50.9 Å². The highest BCUT2D eigenvalue weighted by Gasteiger charge is 2.40. The van der Waals surface area contributed by atoms with Crippen LogP contribution < -0.4 is 33.7 Å². The number of rotatable bonds is 12. The lowest BCUT2D eigenvalue weighted by atomic mass is 10.0. The Morgan fingerprint density at radius 2 is 0.985 bits per heavy atom. The molecule has 4 atom stereocenters. The number of fused-ring (bicyclic) bond motifs is 4. The second kappa shape index (κ2) is 20.6. The predicted molar refractivity (Wildman–Crippen MR) is 253 cm³/mol. The van der Waals surface area contributed by atoms with Crippen LogP contribution in [0.15, 0.2) is 85.2 Å². The molecule has 10 nitrogen and oxygen atoms in total. The summed E-state index contributed by atoms with van der Waals surface area (Å²) in [5.74, 6) is 7.54. The van der Waals surface area contributed by atoms with Crippen LogP contribution >= 0.6 is 0 Å². The zero-order chi connectivity index (χ0) is 43.6. The van der Waals surface area contributed by atoms with Gasteiger partial charge in [0.2, 0.25) is 0 Å². The molecule has 4 aromatic carbocycles. The topological polar surface area (TPSA) is 96.4 Å². The highest BCUT2D eigenvalue weighted by Crippen LogP contribution is 2.44. The Balaban J connectivity index is 0.000000188. The van der Waals surface area contributed by atoms with Crippen LogP contribution in [-0.4, -0.2) is 75.5 Å². The molecule has 4 unspecified atom stereocenters. The molecule has 2 saturated heterocycles. The molecule has 65 heavy (non-hydrogen) atoms. The summed E-state index contributed by atoms with van der Waals surface area (Å²) in [4.78, 5) is 11.4. The molecule has 2 saturated carbocycles. The van der Waals surface area contributed by atoms with E-state index in [9.17, 15) is 8.78 Å². The maximum Gasteiger partial charge on any atom is 0.165 e. The molecule has 4 aliphatic rings. The number of hydrogen-bond acceptors (Lipinski definition) is 10. The number of ether oxygens (including phenoxy) is 6. The van der Waals surface area contributed by atoms with Crippen molar-refractivity contribution in [1.82, 2.24) is 20.2 Å². The minimum Gasteiger partial charge on any atom is -0.493 e. The fraction of sp³-hybridized carbons (Fsp3) is 0.434. The van der Waals surface area contributed by atoms with Crippen LogP contribution in [0.1, 0.15) is 51.7 Å². The van der Waals surface area contributed by atoms with E-state index < -0.39 is 11.6 Å². The van der Waals surface area contributed by atoms with Gasteiger partial charge in [0.15, 0.2) is 46.1 Å². The van der Waals surface area contributed by atoms with Gasteiger partial charge in [-0.1, -0.05) is 27.0 Å². The van der Waals surface area contributed by atoms with E-state index in [1.807, 2.05) is 50.2 Å². The third-order valence-electron chi connectivity index (χ3n) is 13.3. The summed E-state index contributed by atoms with van der Waals surface area (Å²) < 4.78 is 64.0. The van der Waals surface area contributed by atoms with E-state index in [4.69, 9.17) is 28.4 Å². The van der Waals surface area contributed by atoms with Crippen LogP contribution in [0.2, 0.25) is 0 Å². The predicted octanol–water partition coefficient (Wildman–Crippen LogP) is 11.8. The number of aromatic nitrogens is 2. The third-order valence-corrected chi connectivity index (χ3v) is 13.3. The summed E-state index contributed by atoms with van der Waals surface area (Å²) in [6.07, 6.45) is 8.20. The largest absolute Gasteiger partial charge is 0.493 e. The van der Waals surface area contributed by atoms with Gasteiger partial charge in [-0.15, -0.1) is 0 Å². The fourth-order valence-electron chi connectivity index (χ4n) is 10.2. The van der Waals surface area contributed by atoms with Gasteiger partial charge in [0.1, 0.15) is 11.5 Å². The number of methoxy groups -OCH3 is 2. The first-order chi connectivity index (χ1) is 30.6. The summed E-state index contributed by atoms with van der Waals surface area (Å²) in [7, 11) is 5.46. The standard InChI is InChI=1S/C26H29FN2O3.C25H27FN2O3.2CH4/c1-16-4-5-24(21(27)8-16)32-23-6-7-28-22-12-26(25(30-3)11-20(22)23)31-15-17-9-18-13-29(2)14-19(18)10-17;1-15-3-4-23(20(26)7-15)31-22-5-6-28-21-11-25(24(29-2)10-19(21)22)30-14-16-8-17-12-27-13-18(17)9-16;;/h4-8,11-12,17-19H,9-10,13-15H2,1-3H3;3-7,10-11,16-18,27H,8-9,12-14H2,1-2H3;2*1H4. The zero-order valence-corrected chi connectivity index (χ0v) is 36.7.